The Morgan fingerprint density at radius 3 is 2.81 bits per heavy atom. The quantitative estimate of drug-likeness (QED) is 0.890. The Kier molecular flexibility index (Phi) is 4.98. The number of anilines is 1. The van der Waals surface area contributed by atoms with Crippen molar-refractivity contribution < 1.29 is 4.79 Å². The van der Waals surface area contributed by atoms with Crippen LogP contribution in [-0.4, -0.2) is 41.4 Å². The maximum Gasteiger partial charge on any atom is 0.320 e. The second-order valence-corrected chi connectivity index (χ2v) is 5.95. The van der Waals surface area contributed by atoms with E-state index in [2.05, 4.69) is 32.1 Å². The standard InChI is InChI=1S/C14H21N5OS/c1-10-7-13(19(4)17-10)16-14(20)15-8-12(18(2)3)11-5-6-21-9-11/h5-7,9,12H,8H2,1-4H3,(H2,15,16,20). The molecule has 0 radical (unpaired) electrons. The van der Waals surface area contributed by atoms with E-state index in [1.807, 2.05) is 32.5 Å². The minimum absolute atomic E-state index is 0.162. The van der Waals surface area contributed by atoms with E-state index in [0.29, 0.717) is 12.4 Å². The molecule has 2 aromatic heterocycles. The Balaban J connectivity index is 1.92. The lowest BCUT2D eigenvalue weighted by atomic mass is 10.1. The number of nitrogens with zero attached hydrogens (tertiary/aromatic N) is 3. The van der Waals surface area contributed by atoms with Gasteiger partial charge in [0.15, 0.2) is 0 Å². The molecular weight excluding hydrogens is 286 g/mol. The third-order valence-corrected chi connectivity index (χ3v) is 3.95. The smallest absolute Gasteiger partial charge is 0.320 e. The van der Waals surface area contributed by atoms with Gasteiger partial charge in [-0.25, -0.2) is 4.79 Å². The molecule has 2 rings (SSSR count). The molecule has 0 aromatic carbocycles. The monoisotopic (exact) mass is 307 g/mol. The second kappa shape index (κ2) is 6.73. The number of nitrogens with one attached hydrogen (secondary N) is 2. The molecule has 0 fully saturated rings. The van der Waals surface area contributed by atoms with E-state index in [-0.39, 0.29) is 12.1 Å². The highest BCUT2D eigenvalue weighted by molar-refractivity contribution is 7.07. The van der Waals surface area contributed by atoms with Crippen LogP contribution in [0, 0.1) is 6.92 Å². The van der Waals surface area contributed by atoms with E-state index in [4.69, 9.17) is 0 Å². The number of urea groups is 1. The Bertz CT molecular complexity index is 591. The normalized spacial score (nSPS) is 12.4. The molecule has 0 bridgehead atoms. The number of rotatable bonds is 5. The van der Waals surface area contributed by atoms with Gasteiger partial charge in [0.05, 0.1) is 11.7 Å². The van der Waals surface area contributed by atoms with Gasteiger partial charge in [0.25, 0.3) is 0 Å². The zero-order valence-electron chi connectivity index (χ0n) is 12.8. The fraction of sp³-hybridized carbons (Fsp3) is 0.429. The summed E-state index contributed by atoms with van der Waals surface area (Å²) in [5, 5.41) is 14.1. The van der Waals surface area contributed by atoms with Crippen LogP contribution in [0.5, 0.6) is 0 Å². The average molecular weight is 307 g/mol. The van der Waals surface area contributed by atoms with Crippen LogP contribution in [0.2, 0.25) is 0 Å². The molecule has 114 valence electrons. The zero-order chi connectivity index (χ0) is 15.4. The number of hydrogen-bond acceptors (Lipinski definition) is 4. The number of aromatic nitrogens is 2. The summed E-state index contributed by atoms with van der Waals surface area (Å²) in [6.45, 7) is 2.44. The lowest BCUT2D eigenvalue weighted by Gasteiger charge is -2.24. The zero-order valence-corrected chi connectivity index (χ0v) is 13.6. The molecular formula is C14H21N5OS. The number of carbonyl (C=O) groups excluding carboxylic acids is 1. The second-order valence-electron chi connectivity index (χ2n) is 5.17. The molecule has 2 heterocycles. The molecule has 1 atom stereocenters. The van der Waals surface area contributed by atoms with Crippen LogP contribution in [0.25, 0.3) is 0 Å². The van der Waals surface area contributed by atoms with Crippen LogP contribution in [-0.2, 0) is 7.05 Å². The van der Waals surface area contributed by atoms with E-state index in [1.54, 1.807) is 23.1 Å². The lowest BCUT2D eigenvalue weighted by Crippen LogP contribution is -2.37. The largest absolute Gasteiger partial charge is 0.336 e. The summed E-state index contributed by atoms with van der Waals surface area (Å²) < 4.78 is 1.65. The molecule has 0 saturated carbocycles. The molecule has 21 heavy (non-hydrogen) atoms. The van der Waals surface area contributed by atoms with E-state index in [1.165, 1.54) is 5.56 Å². The van der Waals surface area contributed by atoms with E-state index >= 15 is 0 Å². The molecule has 2 amide bonds. The number of carbonyl (C=O) groups is 1. The summed E-state index contributed by atoms with van der Waals surface area (Å²) in [6.07, 6.45) is 0. The highest BCUT2D eigenvalue weighted by Gasteiger charge is 2.16. The number of likely N-dealkylation sites (N-methyl/N-ethyl adjacent to an activating group) is 1. The fourth-order valence-corrected chi connectivity index (χ4v) is 2.85. The van der Waals surface area contributed by atoms with Crippen molar-refractivity contribution in [1.82, 2.24) is 20.0 Å². The van der Waals surface area contributed by atoms with Crippen molar-refractivity contribution in [1.29, 1.82) is 0 Å². The van der Waals surface area contributed by atoms with Crippen LogP contribution >= 0.6 is 11.3 Å². The highest BCUT2D eigenvalue weighted by Crippen LogP contribution is 2.20. The van der Waals surface area contributed by atoms with Crippen LogP contribution < -0.4 is 10.6 Å². The summed E-state index contributed by atoms with van der Waals surface area (Å²) >= 11 is 1.66. The van der Waals surface area contributed by atoms with Crippen molar-refractivity contribution >= 4 is 23.2 Å². The molecule has 7 heteroatoms. The predicted octanol–water partition coefficient (Wildman–Crippen LogP) is 2.21. The molecule has 6 nitrogen and oxygen atoms in total. The van der Waals surface area contributed by atoms with E-state index in [9.17, 15) is 4.79 Å². The Morgan fingerprint density at radius 1 is 1.52 bits per heavy atom. The molecule has 0 spiro atoms. The van der Waals surface area contributed by atoms with Gasteiger partial charge < -0.3 is 10.2 Å². The molecule has 2 aromatic rings. The van der Waals surface area contributed by atoms with Crippen molar-refractivity contribution in [2.45, 2.75) is 13.0 Å². The Hall–Kier alpha value is -1.86. The van der Waals surface area contributed by atoms with E-state index in [0.717, 1.165) is 5.69 Å². The molecule has 0 saturated heterocycles. The van der Waals surface area contributed by atoms with Gasteiger partial charge >= 0.3 is 6.03 Å². The van der Waals surface area contributed by atoms with Gasteiger partial charge in [-0.3, -0.25) is 10.00 Å². The van der Waals surface area contributed by atoms with E-state index < -0.39 is 0 Å². The first-order chi connectivity index (χ1) is 9.97. The van der Waals surface area contributed by atoms with Gasteiger partial charge in [0.1, 0.15) is 5.82 Å². The van der Waals surface area contributed by atoms with Crippen molar-refractivity contribution in [2.24, 2.45) is 7.05 Å². The van der Waals surface area contributed by atoms with Gasteiger partial charge in [-0.1, -0.05) is 0 Å². The van der Waals surface area contributed by atoms with Crippen molar-refractivity contribution in [3.63, 3.8) is 0 Å². The van der Waals surface area contributed by atoms with Gasteiger partial charge in [-0.2, -0.15) is 16.4 Å². The summed E-state index contributed by atoms with van der Waals surface area (Å²) in [6, 6.07) is 3.86. The summed E-state index contributed by atoms with van der Waals surface area (Å²) in [4.78, 5) is 14.1. The van der Waals surface area contributed by atoms with Crippen LogP contribution in [0.1, 0.15) is 17.3 Å². The third-order valence-electron chi connectivity index (χ3n) is 3.25. The van der Waals surface area contributed by atoms with Crippen LogP contribution in [0.3, 0.4) is 0 Å². The maximum atomic E-state index is 12.0. The molecule has 2 N–H and O–H groups in total. The number of thiophene rings is 1. The molecule has 0 aliphatic carbocycles. The average Bonchev–Trinajstić information content (AvgIpc) is 3.00. The van der Waals surface area contributed by atoms with Gasteiger partial charge in [0, 0.05) is 19.7 Å². The van der Waals surface area contributed by atoms with Gasteiger partial charge in [0.2, 0.25) is 0 Å². The SMILES string of the molecule is Cc1cc(NC(=O)NCC(c2ccsc2)N(C)C)n(C)n1. The minimum Gasteiger partial charge on any atom is -0.336 e. The summed E-state index contributed by atoms with van der Waals surface area (Å²) in [5.41, 5.74) is 2.08. The summed E-state index contributed by atoms with van der Waals surface area (Å²) in [5.74, 6) is 0.682. The predicted molar refractivity (Wildman–Crippen MR) is 85.7 cm³/mol. The van der Waals surface area contributed by atoms with Crippen molar-refractivity contribution in [3.8, 4) is 0 Å². The number of hydrogen-bond donors (Lipinski definition) is 2. The van der Waals surface area contributed by atoms with Crippen LogP contribution in [0.15, 0.2) is 22.9 Å². The Labute approximate surface area is 128 Å². The van der Waals surface area contributed by atoms with Gasteiger partial charge in [-0.05, 0) is 43.4 Å². The maximum absolute atomic E-state index is 12.0. The molecule has 0 aliphatic heterocycles. The topological polar surface area (TPSA) is 62.2 Å². The van der Waals surface area contributed by atoms with Crippen LogP contribution in [0.4, 0.5) is 10.6 Å². The number of aryl methyl sites for hydroxylation is 2. The minimum atomic E-state index is -0.222. The lowest BCUT2D eigenvalue weighted by molar-refractivity contribution is 0.243. The fourth-order valence-electron chi connectivity index (χ4n) is 2.14. The molecule has 0 aliphatic rings. The first-order valence-corrected chi connectivity index (χ1v) is 7.65. The number of amides is 2. The van der Waals surface area contributed by atoms with Crippen molar-refractivity contribution in [2.75, 3.05) is 26.0 Å². The molecule has 1 unspecified atom stereocenters. The Morgan fingerprint density at radius 2 is 2.29 bits per heavy atom. The van der Waals surface area contributed by atoms with Crippen molar-refractivity contribution in [3.05, 3.63) is 34.2 Å². The first kappa shape index (κ1) is 15.5. The highest BCUT2D eigenvalue weighted by atomic mass is 32.1. The first-order valence-electron chi connectivity index (χ1n) is 6.71. The van der Waals surface area contributed by atoms with Gasteiger partial charge in [-0.15, -0.1) is 0 Å². The summed E-state index contributed by atoms with van der Waals surface area (Å²) in [7, 11) is 5.81. The third kappa shape index (κ3) is 4.05.